The van der Waals surface area contributed by atoms with Crippen LogP contribution < -0.4 is 5.73 Å². The van der Waals surface area contributed by atoms with Crippen molar-refractivity contribution in [1.29, 1.82) is 0 Å². The summed E-state index contributed by atoms with van der Waals surface area (Å²) in [7, 11) is 1.76. The van der Waals surface area contributed by atoms with Crippen LogP contribution >= 0.6 is 11.6 Å². The van der Waals surface area contributed by atoms with Crippen molar-refractivity contribution in [3.05, 3.63) is 34.9 Å². The molecule has 2 rings (SSSR count). The maximum absolute atomic E-state index is 6.32. The predicted octanol–water partition coefficient (Wildman–Crippen LogP) is 3.48. The summed E-state index contributed by atoms with van der Waals surface area (Å²) < 4.78 is 5.24. The first kappa shape index (κ1) is 16.8. The number of ether oxygens (including phenoxy) is 1. The van der Waals surface area contributed by atoms with Crippen LogP contribution in [0.4, 0.5) is 0 Å². The van der Waals surface area contributed by atoms with E-state index in [9.17, 15) is 0 Å². The van der Waals surface area contributed by atoms with E-state index in [1.54, 1.807) is 7.11 Å². The zero-order chi connectivity index (χ0) is 15.2. The van der Waals surface area contributed by atoms with Gasteiger partial charge < -0.3 is 10.5 Å². The molecule has 0 saturated heterocycles. The highest BCUT2D eigenvalue weighted by Crippen LogP contribution is 2.35. The largest absolute Gasteiger partial charge is 0.383 e. The maximum atomic E-state index is 6.32. The Morgan fingerprint density at radius 2 is 2.14 bits per heavy atom. The zero-order valence-electron chi connectivity index (χ0n) is 13.1. The maximum Gasteiger partial charge on any atom is 0.0589 e. The topological polar surface area (TPSA) is 38.5 Å². The molecule has 1 aromatic carbocycles. The molecule has 2 unspecified atom stereocenters. The first-order valence-corrected chi connectivity index (χ1v) is 8.23. The monoisotopic (exact) mass is 310 g/mol. The van der Waals surface area contributed by atoms with Crippen LogP contribution in [-0.2, 0) is 4.74 Å². The lowest BCUT2D eigenvalue weighted by Crippen LogP contribution is -2.38. The van der Waals surface area contributed by atoms with E-state index in [1.807, 2.05) is 18.2 Å². The second-order valence-corrected chi connectivity index (χ2v) is 6.49. The minimum Gasteiger partial charge on any atom is -0.383 e. The van der Waals surface area contributed by atoms with Crippen molar-refractivity contribution in [3.63, 3.8) is 0 Å². The van der Waals surface area contributed by atoms with E-state index in [1.165, 1.54) is 12.8 Å². The Morgan fingerprint density at radius 3 is 2.76 bits per heavy atom. The third kappa shape index (κ3) is 5.26. The van der Waals surface area contributed by atoms with E-state index in [-0.39, 0.29) is 6.04 Å². The number of hydrogen-bond acceptors (Lipinski definition) is 3. The number of hydrogen-bond donors (Lipinski definition) is 1. The number of halogens is 1. The van der Waals surface area contributed by atoms with Gasteiger partial charge in [0.05, 0.1) is 6.61 Å². The van der Waals surface area contributed by atoms with Gasteiger partial charge in [-0.25, -0.2) is 0 Å². The van der Waals surface area contributed by atoms with Crippen molar-refractivity contribution in [2.24, 2.45) is 11.7 Å². The van der Waals surface area contributed by atoms with Gasteiger partial charge in [-0.2, -0.15) is 0 Å². The standard InChI is InChI=1S/C17H27ClN2O/c1-13(14-6-7-14)20(10-11-21-2)9-8-17(19)15-4-3-5-16(18)12-15/h3-5,12-14,17H,6-11,19H2,1-2H3. The molecule has 4 heteroatoms. The van der Waals surface area contributed by atoms with Crippen molar-refractivity contribution in [1.82, 2.24) is 4.90 Å². The summed E-state index contributed by atoms with van der Waals surface area (Å²) >= 11 is 6.04. The van der Waals surface area contributed by atoms with Gasteiger partial charge in [0.2, 0.25) is 0 Å². The minimum absolute atomic E-state index is 0.0418. The fourth-order valence-electron chi connectivity index (χ4n) is 2.81. The molecule has 0 spiro atoms. The molecule has 2 N–H and O–H groups in total. The average molecular weight is 311 g/mol. The highest BCUT2D eigenvalue weighted by Gasteiger charge is 2.31. The molecular weight excluding hydrogens is 284 g/mol. The Morgan fingerprint density at radius 1 is 1.38 bits per heavy atom. The molecule has 1 saturated carbocycles. The molecule has 1 fully saturated rings. The number of methoxy groups -OCH3 is 1. The Bertz CT molecular complexity index is 437. The fraction of sp³-hybridized carbons (Fsp3) is 0.647. The van der Waals surface area contributed by atoms with Crippen molar-refractivity contribution in [3.8, 4) is 0 Å². The molecule has 2 atom stereocenters. The highest BCUT2D eigenvalue weighted by atomic mass is 35.5. The lowest BCUT2D eigenvalue weighted by molar-refractivity contribution is 0.114. The average Bonchev–Trinajstić information content (AvgIpc) is 3.31. The molecule has 0 aliphatic heterocycles. The third-order valence-corrected chi connectivity index (χ3v) is 4.70. The summed E-state index contributed by atoms with van der Waals surface area (Å²) in [5.74, 6) is 0.865. The van der Waals surface area contributed by atoms with Gasteiger partial charge in [0.25, 0.3) is 0 Å². The van der Waals surface area contributed by atoms with E-state index in [4.69, 9.17) is 22.1 Å². The first-order valence-electron chi connectivity index (χ1n) is 7.86. The quantitative estimate of drug-likeness (QED) is 0.759. The molecule has 21 heavy (non-hydrogen) atoms. The van der Waals surface area contributed by atoms with E-state index < -0.39 is 0 Å². The smallest absolute Gasteiger partial charge is 0.0589 e. The molecule has 1 aromatic rings. The van der Waals surface area contributed by atoms with Gasteiger partial charge in [0.15, 0.2) is 0 Å². The molecule has 1 aliphatic carbocycles. The van der Waals surface area contributed by atoms with E-state index in [0.717, 1.165) is 42.6 Å². The van der Waals surface area contributed by atoms with Crippen LogP contribution in [0.3, 0.4) is 0 Å². The lowest BCUT2D eigenvalue weighted by Gasteiger charge is -2.30. The second-order valence-electron chi connectivity index (χ2n) is 6.06. The predicted molar refractivity (Wildman–Crippen MR) is 88.6 cm³/mol. The molecule has 1 aliphatic rings. The molecule has 0 aromatic heterocycles. The minimum atomic E-state index is 0.0418. The fourth-order valence-corrected chi connectivity index (χ4v) is 3.01. The van der Waals surface area contributed by atoms with Crippen LogP contribution in [-0.4, -0.2) is 37.7 Å². The van der Waals surface area contributed by atoms with Crippen LogP contribution in [0.1, 0.15) is 37.8 Å². The van der Waals surface area contributed by atoms with Gasteiger partial charge in [-0.05, 0) is 49.8 Å². The summed E-state index contributed by atoms with van der Waals surface area (Å²) in [6.45, 7) is 5.10. The molecule has 3 nitrogen and oxygen atoms in total. The van der Waals surface area contributed by atoms with Gasteiger partial charge in [0, 0.05) is 37.3 Å². The number of benzene rings is 1. The van der Waals surface area contributed by atoms with Crippen molar-refractivity contribution >= 4 is 11.6 Å². The van der Waals surface area contributed by atoms with Crippen molar-refractivity contribution in [2.75, 3.05) is 26.8 Å². The van der Waals surface area contributed by atoms with Crippen LogP contribution in [0.15, 0.2) is 24.3 Å². The van der Waals surface area contributed by atoms with Crippen LogP contribution in [0, 0.1) is 5.92 Å². The third-order valence-electron chi connectivity index (χ3n) is 4.47. The molecule has 0 amide bonds. The van der Waals surface area contributed by atoms with Gasteiger partial charge in [-0.15, -0.1) is 0 Å². The van der Waals surface area contributed by atoms with E-state index >= 15 is 0 Å². The molecule has 118 valence electrons. The van der Waals surface area contributed by atoms with Gasteiger partial charge in [-0.3, -0.25) is 4.90 Å². The zero-order valence-corrected chi connectivity index (χ0v) is 13.9. The van der Waals surface area contributed by atoms with Gasteiger partial charge >= 0.3 is 0 Å². The van der Waals surface area contributed by atoms with Gasteiger partial charge in [-0.1, -0.05) is 23.7 Å². The van der Waals surface area contributed by atoms with Crippen LogP contribution in [0.5, 0.6) is 0 Å². The molecule has 0 heterocycles. The van der Waals surface area contributed by atoms with Crippen molar-refractivity contribution < 1.29 is 4.74 Å². The first-order chi connectivity index (χ1) is 10.1. The normalized spacial score (nSPS) is 18.0. The highest BCUT2D eigenvalue weighted by molar-refractivity contribution is 6.30. The number of nitrogens with zero attached hydrogens (tertiary/aromatic N) is 1. The number of nitrogens with two attached hydrogens (primary N) is 1. The van der Waals surface area contributed by atoms with Crippen LogP contribution in [0.25, 0.3) is 0 Å². The Balaban J connectivity index is 1.87. The van der Waals surface area contributed by atoms with Gasteiger partial charge in [0.1, 0.15) is 0 Å². The summed E-state index contributed by atoms with van der Waals surface area (Å²) in [4.78, 5) is 2.52. The lowest BCUT2D eigenvalue weighted by atomic mass is 10.0. The van der Waals surface area contributed by atoms with Crippen LogP contribution in [0.2, 0.25) is 5.02 Å². The Labute approximate surface area is 133 Å². The molecule has 0 bridgehead atoms. The van der Waals surface area contributed by atoms with E-state index in [0.29, 0.717) is 6.04 Å². The summed E-state index contributed by atoms with van der Waals surface area (Å²) in [6, 6.07) is 8.55. The molecular formula is C17H27ClN2O. The summed E-state index contributed by atoms with van der Waals surface area (Å²) in [5, 5.41) is 0.755. The Hall–Kier alpha value is -0.610. The second kappa shape index (κ2) is 8.14. The summed E-state index contributed by atoms with van der Waals surface area (Å²) in [6.07, 6.45) is 3.68. The van der Waals surface area contributed by atoms with E-state index in [2.05, 4.69) is 17.9 Å². The summed E-state index contributed by atoms with van der Waals surface area (Å²) in [5.41, 5.74) is 7.43. The molecule has 0 radical (unpaired) electrons. The number of rotatable bonds is 9. The SMILES string of the molecule is COCCN(CCC(N)c1cccc(Cl)c1)C(C)C1CC1. The Kier molecular flexibility index (Phi) is 6.49. The van der Waals surface area contributed by atoms with Crippen molar-refractivity contribution in [2.45, 2.75) is 38.3 Å².